The maximum atomic E-state index is 9.95. The molecule has 0 saturated heterocycles. The normalized spacial score (nSPS) is 18.1. The molecule has 2 aliphatic carbocycles. The van der Waals surface area contributed by atoms with Gasteiger partial charge in [-0.2, -0.15) is 0 Å². The van der Waals surface area contributed by atoms with E-state index in [0.29, 0.717) is 0 Å². The molecule has 1 aliphatic heterocycles. The Morgan fingerprint density at radius 2 is 0.769 bits per heavy atom. The number of allylic oxidation sites excluding steroid dienone is 2. The van der Waals surface area contributed by atoms with Crippen LogP contribution in [0.25, 0.3) is 45.5 Å². The van der Waals surface area contributed by atoms with Gasteiger partial charge in [0.05, 0.1) is 0 Å². The Kier molecular flexibility index (Phi) is 14.8. The van der Waals surface area contributed by atoms with Crippen molar-refractivity contribution in [2.75, 3.05) is 0 Å². The van der Waals surface area contributed by atoms with Gasteiger partial charge in [-0.25, -0.2) is 0 Å². The van der Waals surface area contributed by atoms with E-state index >= 15 is 0 Å². The van der Waals surface area contributed by atoms with Crippen molar-refractivity contribution >= 4 is 105 Å². The quantitative estimate of drug-likeness (QED) is 0.126. The van der Waals surface area contributed by atoms with Gasteiger partial charge in [-0.15, -0.1) is 0 Å². The van der Waals surface area contributed by atoms with Crippen LogP contribution in [0.4, 0.5) is 0 Å². The molecule has 0 nitrogen and oxygen atoms in total. The van der Waals surface area contributed by atoms with Gasteiger partial charge in [-0.1, -0.05) is 0 Å². The summed E-state index contributed by atoms with van der Waals surface area (Å²) in [7, 11) is 11.9. The molecule has 0 radical (unpaired) electrons. The third-order valence-corrected chi connectivity index (χ3v) is 48.7. The van der Waals surface area contributed by atoms with Crippen molar-refractivity contribution in [2.45, 2.75) is 180 Å². The summed E-state index contributed by atoms with van der Waals surface area (Å²) in [6.45, 7) is 59.4. The van der Waals surface area contributed by atoms with E-state index in [4.69, 9.17) is 0 Å². The Bertz CT molecular complexity index is 3250. The minimum atomic E-state index is -6.06. The third-order valence-electron chi connectivity index (χ3n) is 18.1. The molecular weight excluding hydrogens is 1140 g/mol. The van der Waals surface area contributed by atoms with Crippen LogP contribution in [0.2, 0.25) is 78.6 Å². The van der Waals surface area contributed by atoms with Gasteiger partial charge in [0, 0.05) is 0 Å². The van der Waals surface area contributed by atoms with Gasteiger partial charge in [0.15, 0.2) is 0 Å². The fourth-order valence-corrected chi connectivity index (χ4v) is 46.9. The second-order valence-corrected chi connectivity index (χ2v) is 75.2. The number of hydrogen-bond acceptors (Lipinski definition) is 0. The van der Waals surface area contributed by atoms with Gasteiger partial charge in [-0.3, -0.25) is 0 Å². The number of fused-ring (bicyclic) bond motifs is 5. The van der Waals surface area contributed by atoms with E-state index < -0.39 is 58.2 Å². The molecule has 0 spiro atoms. The third kappa shape index (κ3) is 10.4. The number of benzene rings is 6. The van der Waals surface area contributed by atoms with Crippen LogP contribution in [0, 0.1) is 10.8 Å². The van der Waals surface area contributed by atoms with Crippen LogP contribution in [-0.4, -0.2) is 41.8 Å². The molecule has 0 amide bonds. The van der Waals surface area contributed by atoms with Crippen molar-refractivity contribution in [1.29, 1.82) is 0 Å². The SMILES string of the molecule is CC(C)(C)C1=Cc2c(ccc(C(C)(C)C)c2-c2cc([Si](C)(C)C)cc([Si](C)(C)C)c2)[CH]1[Zr]([Cl])([Cl])([c]1cccc2c1[SiH2]c1ccccc1-2)[CH]1C(C(C)(C)C)=Cc2c1ccc(C(C)(C)C)c2-c1cc([Si](C)(C)C)cc([Si](C)(C)C)c1. The summed E-state index contributed by atoms with van der Waals surface area (Å²) in [5.41, 5.74) is 18.3. The average molecular weight is 1240 g/mol. The maximum absolute atomic E-state index is 9.95. The Morgan fingerprint density at radius 3 is 1.12 bits per heavy atom. The van der Waals surface area contributed by atoms with E-state index in [1.807, 2.05) is 0 Å². The van der Waals surface area contributed by atoms with Crippen LogP contribution in [-0.2, 0) is 27.2 Å². The van der Waals surface area contributed by atoms with Crippen LogP contribution in [0.15, 0.2) is 114 Å². The van der Waals surface area contributed by atoms with Crippen molar-refractivity contribution < 1.29 is 16.4 Å². The summed E-state index contributed by atoms with van der Waals surface area (Å²) < 4.78 is 0.881. The summed E-state index contributed by atoms with van der Waals surface area (Å²) in [5, 5.41) is 9.11. The van der Waals surface area contributed by atoms with Gasteiger partial charge in [0.2, 0.25) is 0 Å². The van der Waals surface area contributed by atoms with Crippen molar-refractivity contribution in [2.24, 2.45) is 10.8 Å². The molecule has 3 aliphatic rings. The monoisotopic (exact) mass is 1240 g/mol. The van der Waals surface area contributed by atoms with E-state index in [9.17, 15) is 17.0 Å². The molecule has 6 aromatic carbocycles. The molecule has 9 rings (SSSR count). The topological polar surface area (TPSA) is 0 Å². The van der Waals surface area contributed by atoms with Crippen molar-refractivity contribution in [3.8, 4) is 33.4 Å². The molecule has 0 fully saturated rings. The second kappa shape index (κ2) is 19.2. The predicted molar refractivity (Wildman–Crippen MR) is 364 cm³/mol. The van der Waals surface area contributed by atoms with Gasteiger partial charge >= 0.3 is 493 Å². The summed E-state index contributed by atoms with van der Waals surface area (Å²) in [6.07, 6.45) is 5.30. The first kappa shape index (κ1) is 60.0. The fraction of sp³-hybridized carbons (Fsp3) is 0.429. The molecule has 78 heavy (non-hydrogen) atoms. The molecule has 2 atom stereocenters. The Balaban J connectivity index is 1.48. The molecule has 413 valence electrons. The van der Waals surface area contributed by atoms with E-state index in [1.165, 1.54) is 112 Å². The van der Waals surface area contributed by atoms with E-state index in [2.05, 4.69) is 277 Å². The molecule has 0 N–H and O–H groups in total. The first-order chi connectivity index (χ1) is 35.4. The summed E-state index contributed by atoms with van der Waals surface area (Å²) in [4.78, 5) is 0. The zero-order valence-electron chi connectivity index (χ0n) is 52.6. The van der Waals surface area contributed by atoms with Crippen LogP contribution in [0.1, 0.15) is 124 Å². The van der Waals surface area contributed by atoms with Gasteiger partial charge in [0.25, 0.3) is 0 Å². The molecule has 8 heteroatoms. The average Bonchev–Trinajstić information content (AvgIpc) is 3.70. The number of halogens is 2. The molecule has 0 saturated carbocycles. The zero-order valence-corrected chi connectivity index (χ0v) is 62.0. The first-order valence-corrected chi connectivity index (χ1v) is 55.1. The van der Waals surface area contributed by atoms with Crippen molar-refractivity contribution in [1.82, 2.24) is 0 Å². The Labute approximate surface area is 488 Å². The van der Waals surface area contributed by atoms with Crippen molar-refractivity contribution in [3.63, 3.8) is 0 Å². The van der Waals surface area contributed by atoms with Crippen LogP contribution in [0.3, 0.4) is 0 Å². The fourth-order valence-electron chi connectivity index (χ4n) is 13.6. The molecule has 2 unspecified atom stereocenters. The van der Waals surface area contributed by atoms with Gasteiger partial charge in [-0.05, 0) is 0 Å². The van der Waals surface area contributed by atoms with Crippen LogP contribution < -0.4 is 34.4 Å². The molecule has 1 heterocycles. The van der Waals surface area contributed by atoms with E-state index in [0.717, 1.165) is 0 Å². The Hall–Kier alpha value is -2.65. The number of hydrogen-bond donors (Lipinski definition) is 0. The van der Waals surface area contributed by atoms with Crippen molar-refractivity contribution in [3.05, 3.63) is 148 Å². The van der Waals surface area contributed by atoms with Gasteiger partial charge in [0.1, 0.15) is 0 Å². The molecule has 0 bridgehead atoms. The Morgan fingerprint density at radius 1 is 0.410 bits per heavy atom. The van der Waals surface area contributed by atoms with E-state index in [-0.39, 0.29) is 28.9 Å². The molecular formula is C70H95Cl2Si5Zr. The van der Waals surface area contributed by atoms with Crippen LogP contribution >= 0.6 is 17.0 Å². The second-order valence-electron chi connectivity index (χ2n) is 32.5. The zero-order chi connectivity index (χ0) is 57.9. The summed E-state index contributed by atoms with van der Waals surface area (Å²) >= 11 is -6.06. The summed E-state index contributed by atoms with van der Waals surface area (Å²) in [5.74, 6) is 0. The minimum absolute atomic E-state index is 0.125. The first-order valence-electron chi connectivity index (χ1n) is 29.3. The standard InChI is InChI=1S/2C29H43Si2.C12H9Si.2ClH.Zr/c2*1-28(2,3)22-15-20-13-14-26(29(4,5)6)27(25(20)18-22)21-16-23(30(7,8)9)19-24(17-21)31(10,11)12;1-3-7-11-9(5-1)10-6-2-4-8-12(10)13-11;;;/h2*13-19H,1-12H3;1-7H,13H2;2*1H;/q;;;;;+2/p-2. The number of rotatable bonds is 9. The van der Waals surface area contributed by atoms with Crippen LogP contribution in [0.5, 0.6) is 0 Å². The molecule has 0 aromatic heterocycles. The molecule has 6 aromatic rings. The predicted octanol–water partition coefficient (Wildman–Crippen LogP) is 16.9. The summed E-state index contributed by atoms with van der Waals surface area (Å²) in [6, 6.07) is 42.1. The van der Waals surface area contributed by atoms with E-state index in [1.54, 1.807) is 0 Å². The van der Waals surface area contributed by atoms with Gasteiger partial charge < -0.3 is 0 Å².